The largest absolute Gasteiger partial charge is 0.491 e. The number of ether oxygens (including phenoxy) is 1. The third-order valence-electron chi connectivity index (χ3n) is 6.46. The van der Waals surface area contributed by atoms with E-state index in [2.05, 4.69) is 11.4 Å². The van der Waals surface area contributed by atoms with Gasteiger partial charge >= 0.3 is 6.03 Å². The van der Waals surface area contributed by atoms with Crippen LogP contribution in [-0.4, -0.2) is 30.0 Å². The van der Waals surface area contributed by atoms with Gasteiger partial charge in [-0.05, 0) is 62.2 Å². The Morgan fingerprint density at radius 2 is 1.69 bits per heavy atom. The van der Waals surface area contributed by atoms with Gasteiger partial charge < -0.3 is 19.9 Å². The average molecular weight is 486 g/mol. The van der Waals surface area contributed by atoms with Gasteiger partial charge in [-0.2, -0.15) is 0 Å². The Hall–Kier alpha value is -3.80. The van der Waals surface area contributed by atoms with E-state index < -0.39 is 0 Å². The second kappa shape index (κ2) is 10.9. The summed E-state index contributed by atoms with van der Waals surface area (Å²) in [4.78, 5) is 29.8. The van der Waals surface area contributed by atoms with Gasteiger partial charge in [0.1, 0.15) is 12.4 Å². The molecule has 4 rings (SSSR count). The van der Waals surface area contributed by atoms with Crippen molar-refractivity contribution in [2.45, 2.75) is 47.7 Å². The second-order valence-electron chi connectivity index (χ2n) is 9.88. The van der Waals surface area contributed by atoms with Crippen molar-refractivity contribution in [3.8, 4) is 5.75 Å². The summed E-state index contributed by atoms with van der Waals surface area (Å²) < 4.78 is 5.96. The molecule has 0 radical (unpaired) electrons. The summed E-state index contributed by atoms with van der Waals surface area (Å²) in [7, 11) is 0. The molecule has 0 saturated carbocycles. The number of benzene rings is 3. The van der Waals surface area contributed by atoms with Crippen LogP contribution in [0.5, 0.6) is 5.75 Å². The van der Waals surface area contributed by atoms with Gasteiger partial charge in [-0.1, -0.05) is 55.3 Å². The number of hydrogen-bond acceptors (Lipinski definition) is 3. The van der Waals surface area contributed by atoms with Crippen LogP contribution in [0.3, 0.4) is 0 Å². The summed E-state index contributed by atoms with van der Waals surface area (Å²) in [5.41, 5.74) is 6.95. The van der Waals surface area contributed by atoms with Crippen LogP contribution in [0.1, 0.15) is 41.7 Å². The van der Waals surface area contributed by atoms with E-state index in [9.17, 15) is 9.59 Å². The minimum absolute atomic E-state index is 0.0690. The lowest BCUT2D eigenvalue weighted by Crippen LogP contribution is -2.36. The van der Waals surface area contributed by atoms with Crippen LogP contribution in [0.2, 0.25) is 0 Å². The molecule has 1 heterocycles. The number of rotatable bonds is 5. The second-order valence-corrected chi connectivity index (χ2v) is 9.88. The van der Waals surface area contributed by atoms with Crippen LogP contribution in [0, 0.1) is 26.7 Å². The van der Waals surface area contributed by atoms with E-state index in [-0.39, 0.29) is 17.9 Å². The van der Waals surface area contributed by atoms with Gasteiger partial charge in [0.25, 0.3) is 0 Å². The predicted molar refractivity (Wildman–Crippen MR) is 144 cm³/mol. The quantitative estimate of drug-likeness (QED) is 0.466. The molecule has 0 fully saturated rings. The number of urea groups is 1. The normalized spacial score (nSPS) is 13.0. The van der Waals surface area contributed by atoms with Gasteiger partial charge in [-0.3, -0.25) is 4.79 Å². The van der Waals surface area contributed by atoms with Gasteiger partial charge in [0, 0.05) is 22.9 Å². The molecule has 0 spiro atoms. The molecule has 36 heavy (non-hydrogen) atoms. The molecule has 0 saturated heterocycles. The summed E-state index contributed by atoms with van der Waals surface area (Å²) in [5, 5.41) is 3.04. The molecule has 6 heteroatoms. The zero-order valence-electron chi connectivity index (χ0n) is 21.8. The van der Waals surface area contributed by atoms with E-state index in [4.69, 9.17) is 4.74 Å². The average Bonchev–Trinajstić information content (AvgIpc) is 3.06. The molecule has 0 bridgehead atoms. The zero-order chi connectivity index (χ0) is 25.8. The van der Waals surface area contributed by atoms with Crippen LogP contribution >= 0.6 is 0 Å². The lowest BCUT2D eigenvalue weighted by Gasteiger charge is -2.26. The van der Waals surface area contributed by atoms with Gasteiger partial charge in [0.05, 0.1) is 19.6 Å². The minimum atomic E-state index is -0.153. The predicted octanol–water partition coefficient (Wildman–Crippen LogP) is 6.23. The smallest absolute Gasteiger partial charge is 0.322 e. The maximum absolute atomic E-state index is 13.1. The Morgan fingerprint density at radius 1 is 0.972 bits per heavy atom. The fourth-order valence-corrected chi connectivity index (χ4v) is 4.38. The molecule has 3 aromatic rings. The van der Waals surface area contributed by atoms with Crippen molar-refractivity contribution >= 4 is 23.3 Å². The lowest BCUT2D eigenvalue weighted by atomic mass is 10.1. The number of hydrogen-bond donors (Lipinski definition) is 1. The van der Waals surface area contributed by atoms with Gasteiger partial charge in [-0.25, -0.2) is 4.79 Å². The molecular weight excluding hydrogens is 450 g/mol. The number of amides is 3. The van der Waals surface area contributed by atoms with Crippen LogP contribution in [0.4, 0.5) is 16.2 Å². The molecule has 0 aliphatic carbocycles. The molecule has 1 aliphatic rings. The summed E-state index contributed by atoms with van der Waals surface area (Å²) in [5.74, 6) is 0.719. The van der Waals surface area contributed by atoms with Crippen molar-refractivity contribution in [2.75, 3.05) is 23.4 Å². The van der Waals surface area contributed by atoms with E-state index in [1.807, 2.05) is 94.1 Å². The third kappa shape index (κ3) is 5.88. The molecule has 1 N–H and O–H groups in total. The zero-order valence-corrected chi connectivity index (χ0v) is 21.8. The SMILES string of the molecule is Cc1ccc(N(Cc2ccc3c(c2)CN(C(=O)Nc2ccc(C)cc2C)CCO3)C(=O)C(C)C)cc1. The molecule has 1 aliphatic heterocycles. The van der Waals surface area contributed by atoms with E-state index in [0.29, 0.717) is 26.2 Å². The van der Waals surface area contributed by atoms with Crippen molar-refractivity contribution in [1.29, 1.82) is 0 Å². The van der Waals surface area contributed by atoms with Crippen LogP contribution in [-0.2, 0) is 17.9 Å². The van der Waals surface area contributed by atoms with Crippen LogP contribution in [0.15, 0.2) is 60.7 Å². The first kappa shape index (κ1) is 25.3. The van der Waals surface area contributed by atoms with Crippen molar-refractivity contribution < 1.29 is 14.3 Å². The highest BCUT2D eigenvalue weighted by Crippen LogP contribution is 2.28. The number of carbonyl (C=O) groups excluding carboxylic acids is 2. The van der Waals surface area contributed by atoms with Crippen molar-refractivity contribution in [2.24, 2.45) is 5.92 Å². The van der Waals surface area contributed by atoms with Crippen molar-refractivity contribution in [3.63, 3.8) is 0 Å². The maximum atomic E-state index is 13.1. The number of nitrogens with zero attached hydrogens (tertiary/aromatic N) is 2. The summed E-state index contributed by atoms with van der Waals surface area (Å²) in [6, 6.07) is 19.8. The molecule has 188 valence electrons. The number of anilines is 2. The van der Waals surface area contributed by atoms with Gasteiger partial charge in [0.15, 0.2) is 0 Å². The number of carbonyl (C=O) groups is 2. The standard InChI is InChI=1S/C30H35N3O3/c1-20(2)29(34)33(26-10-6-21(3)7-11-26)18-24-9-13-28-25(17-24)19-32(14-15-36-28)30(35)31-27-12-8-22(4)16-23(27)5/h6-13,16-17,20H,14-15,18-19H2,1-5H3,(H,31,35). The number of nitrogens with one attached hydrogen (secondary N) is 1. The van der Waals surface area contributed by atoms with E-state index >= 15 is 0 Å². The first-order valence-electron chi connectivity index (χ1n) is 12.5. The first-order chi connectivity index (χ1) is 17.2. The Kier molecular flexibility index (Phi) is 7.63. The fourth-order valence-electron chi connectivity index (χ4n) is 4.38. The summed E-state index contributed by atoms with van der Waals surface area (Å²) >= 11 is 0. The molecule has 3 aromatic carbocycles. The maximum Gasteiger partial charge on any atom is 0.322 e. The lowest BCUT2D eigenvalue weighted by molar-refractivity contribution is -0.121. The number of fused-ring (bicyclic) bond motifs is 1. The first-order valence-corrected chi connectivity index (χ1v) is 12.5. The van der Waals surface area contributed by atoms with E-state index in [1.165, 1.54) is 0 Å². The Labute approximate surface area is 213 Å². The molecule has 0 atom stereocenters. The van der Waals surface area contributed by atoms with Crippen molar-refractivity contribution in [3.05, 3.63) is 88.5 Å². The minimum Gasteiger partial charge on any atom is -0.491 e. The molecule has 0 aromatic heterocycles. The van der Waals surface area contributed by atoms with Crippen molar-refractivity contribution in [1.82, 2.24) is 4.90 Å². The van der Waals surface area contributed by atoms with Gasteiger partial charge in [-0.15, -0.1) is 0 Å². The Bertz CT molecular complexity index is 1250. The summed E-state index contributed by atoms with van der Waals surface area (Å²) in [6.45, 7) is 11.7. The molecule has 0 unspecified atom stereocenters. The molecule has 6 nitrogen and oxygen atoms in total. The summed E-state index contributed by atoms with van der Waals surface area (Å²) in [6.07, 6.45) is 0. The van der Waals surface area contributed by atoms with E-state index in [1.54, 1.807) is 4.90 Å². The fraction of sp³-hybridized carbons (Fsp3) is 0.333. The highest BCUT2D eigenvalue weighted by Gasteiger charge is 2.23. The Morgan fingerprint density at radius 3 is 2.39 bits per heavy atom. The van der Waals surface area contributed by atoms with Crippen LogP contribution in [0.25, 0.3) is 0 Å². The van der Waals surface area contributed by atoms with Crippen LogP contribution < -0.4 is 15.0 Å². The molecule has 3 amide bonds. The molecular formula is C30H35N3O3. The highest BCUT2D eigenvalue weighted by atomic mass is 16.5. The van der Waals surface area contributed by atoms with Gasteiger partial charge in [0.2, 0.25) is 5.91 Å². The third-order valence-corrected chi connectivity index (χ3v) is 6.46. The van der Waals surface area contributed by atoms with E-state index in [0.717, 1.165) is 44.9 Å². The topological polar surface area (TPSA) is 61.9 Å². The Balaban J connectivity index is 1.55. The monoisotopic (exact) mass is 485 g/mol. The highest BCUT2D eigenvalue weighted by molar-refractivity contribution is 5.94. The number of aryl methyl sites for hydroxylation is 3.